The summed E-state index contributed by atoms with van der Waals surface area (Å²) in [7, 11) is 1.80. The molecule has 0 unspecified atom stereocenters. The van der Waals surface area contributed by atoms with E-state index in [2.05, 4.69) is 4.98 Å². The predicted molar refractivity (Wildman–Crippen MR) is 74.9 cm³/mol. The van der Waals surface area contributed by atoms with Crippen molar-refractivity contribution in [2.75, 3.05) is 18.5 Å². The maximum absolute atomic E-state index is 11.6. The van der Waals surface area contributed by atoms with Gasteiger partial charge >= 0.3 is 5.97 Å². The topological polar surface area (TPSA) is 96.5 Å². The van der Waals surface area contributed by atoms with Gasteiger partial charge in [-0.05, 0) is 37.3 Å². The highest BCUT2D eigenvalue weighted by Gasteiger charge is 2.20. The number of primary amides is 1. The summed E-state index contributed by atoms with van der Waals surface area (Å²) in [5.74, 6) is -0.758. The summed E-state index contributed by atoms with van der Waals surface area (Å²) < 4.78 is 0. The van der Waals surface area contributed by atoms with Gasteiger partial charge in [0.05, 0.1) is 5.56 Å². The Labute approximate surface area is 117 Å². The largest absolute Gasteiger partial charge is 0.481 e. The van der Waals surface area contributed by atoms with Crippen molar-refractivity contribution in [1.29, 1.82) is 0 Å². The number of carbonyl (C=O) groups excluding carboxylic acids is 1. The van der Waals surface area contributed by atoms with Gasteiger partial charge in [0.2, 0.25) is 0 Å². The molecule has 0 aromatic carbocycles. The molecule has 0 saturated heterocycles. The molecule has 0 spiro atoms. The Hall–Kier alpha value is -2.11. The van der Waals surface area contributed by atoms with Crippen LogP contribution >= 0.6 is 0 Å². The number of pyridine rings is 1. The van der Waals surface area contributed by atoms with Gasteiger partial charge in [0.25, 0.3) is 5.91 Å². The van der Waals surface area contributed by atoms with Crippen LogP contribution in [0.1, 0.15) is 40.9 Å². The maximum atomic E-state index is 11.6. The van der Waals surface area contributed by atoms with Crippen LogP contribution in [-0.4, -0.2) is 35.6 Å². The lowest BCUT2D eigenvalue weighted by molar-refractivity contribution is -0.137. The van der Waals surface area contributed by atoms with Crippen LogP contribution in [-0.2, 0) is 17.6 Å². The minimum atomic E-state index is -0.824. The van der Waals surface area contributed by atoms with Crippen molar-refractivity contribution >= 4 is 17.7 Å². The lowest BCUT2D eigenvalue weighted by Gasteiger charge is -2.21. The zero-order chi connectivity index (χ0) is 14.7. The number of fused-ring (bicyclic) bond motifs is 1. The third kappa shape index (κ3) is 3.07. The highest BCUT2D eigenvalue weighted by molar-refractivity contribution is 5.98. The zero-order valence-corrected chi connectivity index (χ0v) is 11.6. The number of hydrogen-bond donors (Lipinski definition) is 2. The molecule has 0 fully saturated rings. The summed E-state index contributed by atoms with van der Waals surface area (Å²) in [6.07, 6.45) is 3.51. The van der Waals surface area contributed by atoms with E-state index in [1.54, 1.807) is 7.05 Å². The van der Waals surface area contributed by atoms with E-state index in [4.69, 9.17) is 10.8 Å². The molecule has 2 rings (SSSR count). The van der Waals surface area contributed by atoms with Crippen LogP contribution in [0.3, 0.4) is 0 Å². The van der Waals surface area contributed by atoms with Gasteiger partial charge in [-0.2, -0.15) is 0 Å². The molecular weight excluding hydrogens is 258 g/mol. The van der Waals surface area contributed by atoms with Gasteiger partial charge in [0.1, 0.15) is 5.82 Å². The monoisotopic (exact) mass is 277 g/mol. The molecule has 0 bridgehead atoms. The van der Waals surface area contributed by atoms with Crippen molar-refractivity contribution in [3.63, 3.8) is 0 Å². The van der Waals surface area contributed by atoms with Crippen molar-refractivity contribution in [1.82, 2.24) is 4.98 Å². The average Bonchev–Trinajstić information content (AvgIpc) is 2.83. The van der Waals surface area contributed by atoms with Crippen LogP contribution in [0, 0.1) is 0 Å². The molecule has 6 nitrogen and oxygen atoms in total. The molecule has 1 aliphatic carbocycles. The molecule has 6 heteroatoms. The molecule has 20 heavy (non-hydrogen) atoms. The minimum Gasteiger partial charge on any atom is -0.481 e. The van der Waals surface area contributed by atoms with Crippen molar-refractivity contribution in [2.45, 2.75) is 32.1 Å². The van der Waals surface area contributed by atoms with Gasteiger partial charge in [0, 0.05) is 25.7 Å². The Morgan fingerprint density at radius 1 is 1.45 bits per heavy atom. The third-order valence-corrected chi connectivity index (χ3v) is 3.54. The number of nitrogens with two attached hydrogens (primary N) is 1. The van der Waals surface area contributed by atoms with E-state index in [1.165, 1.54) is 0 Å². The molecule has 1 aromatic heterocycles. The zero-order valence-electron chi connectivity index (χ0n) is 11.6. The lowest BCUT2D eigenvalue weighted by atomic mass is 10.1. The molecule has 108 valence electrons. The van der Waals surface area contributed by atoms with Crippen LogP contribution in [0.2, 0.25) is 0 Å². The molecular formula is C14H19N3O3. The van der Waals surface area contributed by atoms with Crippen molar-refractivity contribution in [3.8, 4) is 0 Å². The van der Waals surface area contributed by atoms with E-state index in [0.29, 0.717) is 24.3 Å². The number of carboxylic acids is 1. The van der Waals surface area contributed by atoms with Crippen molar-refractivity contribution < 1.29 is 14.7 Å². The number of rotatable bonds is 6. The minimum absolute atomic E-state index is 0.0984. The van der Waals surface area contributed by atoms with E-state index in [-0.39, 0.29) is 6.42 Å². The second kappa shape index (κ2) is 5.90. The van der Waals surface area contributed by atoms with Crippen molar-refractivity contribution in [2.24, 2.45) is 5.73 Å². The SMILES string of the molecule is CN(CCCC(=O)O)c1nc2c(cc1C(N)=O)CCC2. The van der Waals surface area contributed by atoms with Gasteiger partial charge < -0.3 is 15.7 Å². The van der Waals surface area contributed by atoms with Gasteiger partial charge in [0.15, 0.2) is 0 Å². The van der Waals surface area contributed by atoms with E-state index < -0.39 is 11.9 Å². The van der Waals surface area contributed by atoms with Gasteiger partial charge in [-0.1, -0.05) is 0 Å². The fourth-order valence-electron chi connectivity index (χ4n) is 2.51. The summed E-state index contributed by atoms with van der Waals surface area (Å²) in [6, 6.07) is 1.83. The standard InChI is InChI=1S/C14H19N3O3/c1-17(7-3-6-12(18)19)14-10(13(15)20)8-9-4-2-5-11(9)16-14/h8H,2-7H2,1H3,(H2,15,20)(H,18,19). The first kappa shape index (κ1) is 14.3. The van der Waals surface area contributed by atoms with E-state index in [9.17, 15) is 9.59 Å². The number of amides is 1. The fraction of sp³-hybridized carbons (Fsp3) is 0.500. The van der Waals surface area contributed by atoms with Crippen LogP contribution in [0.25, 0.3) is 0 Å². The predicted octanol–water partition coefficient (Wildman–Crippen LogP) is 0.970. The Balaban J connectivity index is 2.20. The molecule has 1 amide bonds. The van der Waals surface area contributed by atoms with E-state index >= 15 is 0 Å². The third-order valence-electron chi connectivity index (χ3n) is 3.54. The highest BCUT2D eigenvalue weighted by Crippen LogP contribution is 2.26. The molecule has 0 radical (unpaired) electrons. The summed E-state index contributed by atoms with van der Waals surface area (Å²) in [6.45, 7) is 0.526. The molecule has 1 aliphatic rings. The number of carbonyl (C=O) groups is 2. The van der Waals surface area contributed by atoms with E-state index in [1.807, 2.05) is 11.0 Å². The smallest absolute Gasteiger partial charge is 0.303 e. The Bertz CT molecular complexity index is 543. The Morgan fingerprint density at radius 3 is 2.85 bits per heavy atom. The van der Waals surface area contributed by atoms with Gasteiger partial charge in [-0.15, -0.1) is 0 Å². The first-order valence-corrected chi connectivity index (χ1v) is 6.74. The summed E-state index contributed by atoms with van der Waals surface area (Å²) in [5.41, 5.74) is 7.97. The molecule has 0 atom stereocenters. The molecule has 3 N–H and O–H groups in total. The average molecular weight is 277 g/mol. The van der Waals surface area contributed by atoms with Crippen LogP contribution in [0.15, 0.2) is 6.07 Å². The van der Waals surface area contributed by atoms with Crippen LogP contribution < -0.4 is 10.6 Å². The number of nitrogens with zero attached hydrogens (tertiary/aromatic N) is 2. The number of hydrogen-bond acceptors (Lipinski definition) is 4. The lowest BCUT2D eigenvalue weighted by Crippen LogP contribution is -2.25. The fourth-order valence-corrected chi connectivity index (χ4v) is 2.51. The summed E-state index contributed by atoms with van der Waals surface area (Å²) in [5, 5.41) is 8.66. The number of carboxylic acid groups (broad SMARTS) is 1. The highest BCUT2D eigenvalue weighted by atomic mass is 16.4. The molecule has 1 heterocycles. The van der Waals surface area contributed by atoms with Crippen LogP contribution in [0.4, 0.5) is 5.82 Å². The normalized spacial score (nSPS) is 13.1. The Kier molecular flexibility index (Phi) is 4.22. The second-order valence-electron chi connectivity index (χ2n) is 5.10. The first-order chi connectivity index (χ1) is 9.49. The van der Waals surface area contributed by atoms with Gasteiger partial charge in [-0.3, -0.25) is 9.59 Å². The first-order valence-electron chi connectivity index (χ1n) is 6.74. The van der Waals surface area contributed by atoms with Crippen molar-refractivity contribution in [3.05, 3.63) is 22.9 Å². The van der Waals surface area contributed by atoms with Gasteiger partial charge in [-0.25, -0.2) is 4.98 Å². The number of aliphatic carboxylic acids is 1. The number of anilines is 1. The molecule has 0 aliphatic heterocycles. The summed E-state index contributed by atoms with van der Waals surface area (Å²) in [4.78, 5) is 28.5. The number of aryl methyl sites for hydroxylation is 2. The Morgan fingerprint density at radius 2 is 2.20 bits per heavy atom. The molecule has 0 saturated carbocycles. The quantitative estimate of drug-likeness (QED) is 0.807. The molecule has 1 aromatic rings. The second-order valence-corrected chi connectivity index (χ2v) is 5.10. The van der Waals surface area contributed by atoms with E-state index in [0.717, 1.165) is 30.5 Å². The van der Waals surface area contributed by atoms with Crippen LogP contribution in [0.5, 0.6) is 0 Å². The summed E-state index contributed by atoms with van der Waals surface area (Å²) >= 11 is 0. The maximum Gasteiger partial charge on any atom is 0.303 e. The number of aromatic nitrogens is 1.